The van der Waals surface area contributed by atoms with Gasteiger partial charge in [-0.15, -0.1) is 0 Å². The lowest BCUT2D eigenvalue weighted by atomic mass is 9.87. The molecule has 0 fully saturated rings. The van der Waals surface area contributed by atoms with E-state index in [2.05, 4.69) is 0 Å². The zero-order chi connectivity index (χ0) is 24.9. The van der Waals surface area contributed by atoms with E-state index >= 15 is 0 Å². The molecule has 0 spiro atoms. The molecule has 0 bridgehead atoms. The molecule has 32 heavy (non-hydrogen) atoms. The number of ether oxygens (including phenoxy) is 9. The number of hydrogen-bond donors (Lipinski definition) is 0. The molecule has 0 aromatic carbocycles. The Hall–Kier alpha value is -0.690. The van der Waals surface area contributed by atoms with Crippen molar-refractivity contribution in [1.29, 1.82) is 0 Å². The zero-order valence-corrected chi connectivity index (χ0v) is 21.5. The van der Waals surface area contributed by atoms with E-state index in [1.54, 1.807) is 41.5 Å². The molecule has 0 heterocycles. The smallest absolute Gasteiger partial charge is 0.260 e. The number of rotatable bonds is 19. The average molecular weight is 469 g/mol. The summed E-state index contributed by atoms with van der Waals surface area (Å²) in [5.74, 6) is -1.90. The summed E-state index contributed by atoms with van der Waals surface area (Å²) in [7, 11) is 4.53. The number of methoxy groups -OCH3 is 3. The van der Waals surface area contributed by atoms with Crippen LogP contribution < -0.4 is 0 Å². The first-order chi connectivity index (χ1) is 15.0. The summed E-state index contributed by atoms with van der Waals surface area (Å²) < 4.78 is 50.9. The highest BCUT2D eigenvalue weighted by molar-refractivity contribution is 5.63. The zero-order valence-electron chi connectivity index (χ0n) is 21.5. The van der Waals surface area contributed by atoms with E-state index in [1.807, 2.05) is 13.8 Å². The van der Waals surface area contributed by atoms with Gasteiger partial charge in [-0.05, 0) is 54.4 Å². The molecular weight excluding hydrogens is 424 g/mol. The van der Waals surface area contributed by atoms with Crippen molar-refractivity contribution in [2.45, 2.75) is 117 Å². The molecule has 0 saturated heterocycles. The van der Waals surface area contributed by atoms with Crippen molar-refractivity contribution < 1.29 is 47.4 Å². The quantitative estimate of drug-likeness (QED) is 0.207. The summed E-state index contributed by atoms with van der Waals surface area (Å²) >= 11 is 0. The van der Waals surface area contributed by atoms with Crippen LogP contribution in [0.5, 0.6) is 0 Å². The van der Waals surface area contributed by atoms with E-state index in [1.165, 1.54) is 21.3 Å². The fourth-order valence-electron chi connectivity index (χ4n) is 3.27. The summed E-state index contributed by atoms with van der Waals surface area (Å²) in [4.78, 5) is 12.7. The molecule has 0 rings (SSSR count). The minimum Gasteiger partial charge on any atom is -0.356 e. The summed E-state index contributed by atoms with van der Waals surface area (Å²) in [6.07, 6.45) is -2.86. The molecule has 10 nitrogen and oxygen atoms in total. The van der Waals surface area contributed by atoms with Crippen molar-refractivity contribution in [1.82, 2.24) is 0 Å². The van der Waals surface area contributed by atoms with Crippen molar-refractivity contribution in [2.24, 2.45) is 0 Å². The van der Waals surface area contributed by atoms with Crippen LogP contribution in [0.25, 0.3) is 0 Å². The third-order valence-corrected chi connectivity index (χ3v) is 5.15. The first-order valence-electron chi connectivity index (χ1n) is 11.0. The topological polar surface area (TPSA) is 100 Å². The third-order valence-electron chi connectivity index (χ3n) is 5.15. The maximum Gasteiger partial charge on any atom is 0.260 e. The van der Waals surface area contributed by atoms with Gasteiger partial charge in [0.25, 0.3) is 5.79 Å². The van der Waals surface area contributed by atoms with Crippen molar-refractivity contribution >= 4 is 6.29 Å². The molecule has 10 heteroatoms. The van der Waals surface area contributed by atoms with Crippen LogP contribution in [0.4, 0.5) is 0 Å². The molecule has 0 aliphatic carbocycles. The second-order valence-corrected chi connectivity index (χ2v) is 7.36. The van der Waals surface area contributed by atoms with Crippen LogP contribution in [0.15, 0.2) is 0 Å². The molecule has 0 aromatic heterocycles. The van der Waals surface area contributed by atoms with Crippen molar-refractivity contribution in [3.05, 3.63) is 0 Å². The number of carbonyl (C=O) groups is 1. The van der Waals surface area contributed by atoms with Gasteiger partial charge in [0.15, 0.2) is 44.0 Å². The molecule has 0 saturated carbocycles. The van der Waals surface area contributed by atoms with Crippen LogP contribution in [0, 0.1) is 0 Å². The molecule has 0 N–H and O–H groups in total. The van der Waals surface area contributed by atoms with E-state index in [-0.39, 0.29) is 0 Å². The Morgan fingerprint density at radius 3 is 1.16 bits per heavy atom. The van der Waals surface area contributed by atoms with Crippen LogP contribution in [-0.4, -0.2) is 76.7 Å². The highest BCUT2D eigenvalue weighted by Gasteiger charge is 2.56. The predicted octanol–water partition coefficient (Wildman–Crippen LogP) is 3.56. The van der Waals surface area contributed by atoms with E-state index in [9.17, 15) is 4.79 Å². The Kier molecular flexibility index (Phi) is 14.9. The Morgan fingerprint density at radius 1 is 0.594 bits per heavy atom. The lowest BCUT2D eigenvalue weighted by Gasteiger charge is -2.48. The Bertz CT molecular complexity index is 479. The van der Waals surface area contributed by atoms with Gasteiger partial charge < -0.3 is 42.6 Å². The standard InChI is InChI=1S/C22H44O10/c1-12-21(13-2,30-18(6)27-15(3)24-9)22(14-23,31-19(7)28-16(4)25-10)32-20(8)29-17(5)26-11/h14-20H,12-13H2,1-11H3. The summed E-state index contributed by atoms with van der Waals surface area (Å²) in [6.45, 7) is 13.9. The third kappa shape index (κ3) is 9.28. The van der Waals surface area contributed by atoms with E-state index < -0.39 is 49.1 Å². The number of hydrogen-bond acceptors (Lipinski definition) is 10. The first-order valence-corrected chi connectivity index (χ1v) is 11.0. The highest BCUT2D eigenvalue weighted by Crippen LogP contribution is 2.40. The SMILES string of the molecule is CCC(CC)(OC(C)OC(C)OC)C(C=O)(OC(C)OC(C)OC)OC(C)OC(C)OC. The van der Waals surface area contributed by atoms with Gasteiger partial charge in [-0.1, -0.05) is 13.8 Å². The van der Waals surface area contributed by atoms with Crippen LogP contribution in [0.2, 0.25) is 0 Å². The van der Waals surface area contributed by atoms with Crippen LogP contribution in [0.3, 0.4) is 0 Å². The summed E-state index contributed by atoms with van der Waals surface area (Å²) in [6, 6.07) is 0. The molecular formula is C22H44O10. The Labute approximate surface area is 193 Å². The van der Waals surface area contributed by atoms with Crippen LogP contribution in [0.1, 0.15) is 68.2 Å². The fraction of sp³-hybridized carbons (Fsp3) is 0.955. The molecule has 0 radical (unpaired) electrons. The molecule has 6 unspecified atom stereocenters. The van der Waals surface area contributed by atoms with E-state index in [0.29, 0.717) is 19.1 Å². The van der Waals surface area contributed by atoms with Gasteiger partial charge in [0.2, 0.25) is 0 Å². The minimum atomic E-state index is -1.90. The maximum absolute atomic E-state index is 12.7. The molecule has 0 amide bonds. The first kappa shape index (κ1) is 31.3. The number of aldehydes is 1. The molecule has 192 valence electrons. The molecule has 0 aliphatic rings. The van der Waals surface area contributed by atoms with Gasteiger partial charge in [0.05, 0.1) is 0 Å². The van der Waals surface area contributed by atoms with Gasteiger partial charge in [0.1, 0.15) is 5.60 Å². The van der Waals surface area contributed by atoms with Gasteiger partial charge in [-0.2, -0.15) is 0 Å². The summed E-state index contributed by atoms with van der Waals surface area (Å²) in [5, 5.41) is 0. The van der Waals surface area contributed by atoms with Gasteiger partial charge in [-0.3, -0.25) is 4.79 Å². The fourth-order valence-corrected chi connectivity index (χ4v) is 3.27. The monoisotopic (exact) mass is 468 g/mol. The molecule has 0 aliphatic heterocycles. The Morgan fingerprint density at radius 2 is 0.906 bits per heavy atom. The maximum atomic E-state index is 12.7. The van der Waals surface area contributed by atoms with E-state index in [0.717, 1.165) is 0 Å². The molecule has 6 atom stereocenters. The van der Waals surface area contributed by atoms with Gasteiger partial charge in [-0.25, -0.2) is 0 Å². The minimum absolute atomic E-state index is 0.358. The molecule has 0 aromatic rings. The van der Waals surface area contributed by atoms with Crippen molar-refractivity contribution in [3.8, 4) is 0 Å². The largest absolute Gasteiger partial charge is 0.356 e. The van der Waals surface area contributed by atoms with Crippen molar-refractivity contribution in [2.75, 3.05) is 21.3 Å². The van der Waals surface area contributed by atoms with Crippen molar-refractivity contribution in [3.63, 3.8) is 0 Å². The highest BCUT2D eigenvalue weighted by atomic mass is 16.9. The second-order valence-electron chi connectivity index (χ2n) is 7.36. The lowest BCUT2D eigenvalue weighted by molar-refractivity contribution is -0.411. The van der Waals surface area contributed by atoms with E-state index in [4.69, 9.17) is 42.6 Å². The van der Waals surface area contributed by atoms with Gasteiger partial charge >= 0.3 is 0 Å². The average Bonchev–Trinajstić information content (AvgIpc) is 2.76. The summed E-state index contributed by atoms with van der Waals surface area (Å²) in [5.41, 5.74) is -1.25. The second kappa shape index (κ2) is 15.3. The van der Waals surface area contributed by atoms with Crippen LogP contribution in [-0.2, 0) is 47.4 Å². The lowest BCUT2D eigenvalue weighted by Crippen LogP contribution is -2.63. The van der Waals surface area contributed by atoms with Crippen LogP contribution >= 0.6 is 0 Å². The normalized spacial score (nSPS) is 20.1. The number of carbonyl (C=O) groups excluding carboxylic acids is 1. The Balaban J connectivity index is 6.12. The predicted molar refractivity (Wildman–Crippen MR) is 116 cm³/mol. The van der Waals surface area contributed by atoms with Gasteiger partial charge in [0, 0.05) is 21.3 Å².